The molecule has 7 heteroatoms. The van der Waals surface area contributed by atoms with Gasteiger partial charge in [0.1, 0.15) is 5.76 Å². The van der Waals surface area contributed by atoms with Crippen molar-refractivity contribution in [3.63, 3.8) is 0 Å². The summed E-state index contributed by atoms with van der Waals surface area (Å²) in [4.78, 5) is 0. The van der Waals surface area contributed by atoms with Crippen LogP contribution >= 0.6 is 0 Å². The Morgan fingerprint density at radius 2 is 1.70 bits per heavy atom. The van der Waals surface area contributed by atoms with E-state index in [-0.39, 0.29) is 16.7 Å². The summed E-state index contributed by atoms with van der Waals surface area (Å²) in [5.41, 5.74) is -5.18. The molecule has 1 aromatic carbocycles. The highest BCUT2D eigenvalue weighted by Crippen LogP contribution is 2.31. The zero-order chi connectivity index (χ0) is 14.8. The van der Waals surface area contributed by atoms with Crippen LogP contribution in [0.15, 0.2) is 58.6 Å². The van der Waals surface area contributed by atoms with Gasteiger partial charge in [-0.15, -0.1) is 0 Å². The third-order valence-corrected chi connectivity index (χ3v) is 3.66. The molecule has 0 spiro atoms. The molecule has 0 radical (unpaired) electrons. The van der Waals surface area contributed by atoms with Crippen molar-refractivity contribution in [2.45, 2.75) is 5.51 Å². The fourth-order valence-corrected chi connectivity index (χ4v) is 2.24. The summed E-state index contributed by atoms with van der Waals surface area (Å²) in [6.07, 6.45) is 1.26. The Hall–Kier alpha value is -2.02. The SMILES string of the molecule is O=S(=O)(/C=C(\c1ccccc1)c1ccco1)C(F)(F)F. The van der Waals surface area contributed by atoms with E-state index in [0.29, 0.717) is 5.56 Å². The van der Waals surface area contributed by atoms with Crippen molar-refractivity contribution in [2.24, 2.45) is 0 Å². The Bertz CT molecular complexity index is 699. The molecule has 3 nitrogen and oxygen atoms in total. The van der Waals surface area contributed by atoms with E-state index in [1.807, 2.05) is 0 Å². The predicted molar refractivity (Wildman–Crippen MR) is 67.2 cm³/mol. The van der Waals surface area contributed by atoms with Crippen molar-refractivity contribution in [3.05, 3.63) is 65.5 Å². The summed E-state index contributed by atoms with van der Waals surface area (Å²) >= 11 is 0. The molecule has 0 aliphatic carbocycles. The second-order valence-corrected chi connectivity index (χ2v) is 5.65. The van der Waals surface area contributed by atoms with Gasteiger partial charge in [0, 0.05) is 5.57 Å². The highest BCUT2D eigenvalue weighted by Gasteiger charge is 2.44. The summed E-state index contributed by atoms with van der Waals surface area (Å²) in [5.74, 6) is 0.0454. The van der Waals surface area contributed by atoms with Crippen molar-refractivity contribution >= 4 is 15.4 Å². The summed E-state index contributed by atoms with van der Waals surface area (Å²) in [6, 6.07) is 10.7. The van der Waals surface area contributed by atoms with Crippen LogP contribution in [-0.2, 0) is 9.84 Å². The lowest BCUT2D eigenvalue weighted by molar-refractivity contribution is -0.0423. The lowest BCUT2D eigenvalue weighted by Crippen LogP contribution is -2.21. The number of hydrogen-bond acceptors (Lipinski definition) is 3. The number of alkyl halides is 3. The monoisotopic (exact) mass is 302 g/mol. The van der Waals surface area contributed by atoms with E-state index in [1.165, 1.54) is 30.5 Å². The van der Waals surface area contributed by atoms with Crippen LogP contribution in [0.2, 0.25) is 0 Å². The molecule has 0 bridgehead atoms. The molecule has 1 aromatic heterocycles. The van der Waals surface area contributed by atoms with Crippen LogP contribution in [0.1, 0.15) is 11.3 Å². The van der Waals surface area contributed by atoms with Crippen LogP contribution in [0.25, 0.3) is 5.57 Å². The molecular formula is C13H9F3O3S. The second kappa shape index (κ2) is 5.16. The lowest BCUT2D eigenvalue weighted by Gasteiger charge is -2.08. The third-order valence-electron chi connectivity index (χ3n) is 2.47. The number of hydrogen-bond donors (Lipinski definition) is 0. The molecule has 106 valence electrons. The van der Waals surface area contributed by atoms with Gasteiger partial charge in [0.15, 0.2) is 0 Å². The standard InChI is InChI=1S/C13H9F3O3S/c14-13(15,16)20(17,18)9-11(12-7-4-8-19-12)10-5-2-1-3-6-10/h1-9H/b11-9+. The fourth-order valence-electron chi connectivity index (χ4n) is 1.54. The maximum Gasteiger partial charge on any atom is 0.501 e. The molecule has 0 aliphatic rings. The van der Waals surface area contributed by atoms with Crippen LogP contribution in [0.3, 0.4) is 0 Å². The first kappa shape index (κ1) is 14.4. The Morgan fingerprint density at radius 3 is 2.20 bits per heavy atom. The Kier molecular flexibility index (Phi) is 3.71. The van der Waals surface area contributed by atoms with E-state index in [4.69, 9.17) is 4.42 Å². The minimum Gasteiger partial charge on any atom is -0.464 e. The fraction of sp³-hybridized carbons (Fsp3) is 0.0769. The highest BCUT2D eigenvalue weighted by atomic mass is 32.2. The van der Waals surface area contributed by atoms with Crippen molar-refractivity contribution in [1.82, 2.24) is 0 Å². The zero-order valence-corrected chi connectivity index (χ0v) is 10.8. The van der Waals surface area contributed by atoms with Crippen LogP contribution in [0.5, 0.6) is 0 Å². The minimum absolute atomic E-state index is 0.0454. The normalized spacial score (nSPS) is 13.4. The molecule has 0 N–H and O–H groups in total. The van der Waals surface area contributed by atoms with E-state index < -0.39 is 15.3 Å². The van der Waals surface area contributed by atoms with Crippen molar-refractivity contribution < 1.29 is 26.0 Å². The maximum atomic E-state index is 12.5. The summed E-state index contributed by atoms with van der Waals surface area (Å²) in [5, 5.41) is 0.182. The van der Waals surface area contributed by atoms with E-state index in [0.717, 1.165) is 0 Å². The van der Waals surface area contributed by atoms with Crippen LogP contribution in [-0.4, -0.2) is 13.9 Å². The van der Waals surface area contributed by atoms with Crippen molar-refractivity contribution in [3.8, 4) is 0 Å². The van der Waals surface area contributed by atoms with Crippen molar-refractivity contribution in [1.29, 1.82) is 0 Å². The van der Waals surface area contributed by atoms with E-state index >= 15 is 0 Å². The van der Waals surface area contributed by atoms with E-state index in [1.54, 1.807) is 18.2 Å². The first-order valence-corrected chi connectivity index (χ1v) is 6.98. The number of furan rings is 1. The molecule has 0 saturated heterocycles. The van der Waals surface area contributed by atoms with Gasteiger partial charge in [-0.05, 0) is 17.7 Å². The van der Waals surface area contributed by atoms with Gasteiger partial charge >= 0.3 is 5.51 Å². The molecule has 0 saturated carbocycles. The van der Waals surface area contributed by atoms with Gasteiger partial charge in [-0.25, -0.2) is 8.42 Å². The minimum atomic E-state index is -5.39. The van der Waals surface area contributed by atoms with Crippen LogP contribution in [0, 0.1) is 0 Å². The molecule has 0 unspecified atom stereocenters. The van der Waals surface area contributed by atoms with Gasteiger partial charge < -0.3 is 4.42 Å². The number of rotatable bonds is 3. The smallest absolute Gasteiger partial charge is 0.464 e. The molecule has 0 amide bonds. The second-order valence-electron chi connectivity index (χ2n) is 3.87. The maximum absolute atomic E-state index is 12.5. The highest BCUT2D eigenvalue weighted by molar-refractivity contribution is 7.95. The van der Waals surface area contributed by atoms with Gasteiger partial charge in [-0.2, -0.15) is 13.2 Å². The van der Waals surface area contributed by atoms with Gasteiger partial charge in [0.2, 0.25) is 0 Å². The largest absolute Gasteiger partial charge is 0.501 e. The Balaban J connectivity index is 2.61. The average Bonchev–Trinajstić information content (AvgIpc) is 2.89. The molecule has 0 atom stereocenters. The Morgan fingerprint density at radius 1 is 1.05 bits per heavy atom. The molecule has 0 aliphatic heterocycles. The molecular weight excluding hydrogens is 293 g/mol. The van der Waals surface area contributed by atoms with E-state index in [2.05, 4.69) is 0 Å². The molecule has 0 fully saturated rings. The average molecular weight is 302 g/mol. The number of sulfone groups is 1. The van der Waals surface area contributed by atoms with Gasteiger partial charge in [-0.1, -0.05) is 30.3 Å². The first-order valence-electron chi connectivity index (χ1n) is 5.43. The Labute approximate surface area is 113 Å². The third kappa shape index (κ3) is 2.93. The molecule has 1 heterocycles. The summed E-state index contributed by atoms with van der Waals surface area (Å²) in [7, 11) is -5.39. The molecule has 20 heavy (non-hydrogen) atoms. The topological polar surface area (TPSA) is 47.3 Å². The van der Waals surface area contributed by atoms with Gasteiger partial charge in [0.25, 0.3) is 9.84 Å². The van der Waals surface area contributed by atoms with Crippen LogP contribution in [0.4, 0.5) is 13.2 Å². The first-order chi connectivity index (χ1) is 9.31. The zero-order valence-electron chi connectivity index (χ0n) is 9.96. The predicted octanol–water partition coefficient (Wildman–Crippen LogP) is 3.60. The summed E-state index contributed by atoms with van der Waals surface area (Å²) < 4.78 is 65.0. The van der Waals surface area contributed by atoms with Gasteiger partial charge in [0.05, 0.1) is 11.7 Å². The van der Waals surface area contributed by atoms with Gasteiger partial charge in [-0.3, -0.25) is 0 Å². The lowest BCUT2D eigenvalue weighted by atomic mass is 10.1. The quantitative estimate of drug-likeness (QED) is 0.870. The summed E-state index contributed by atoms with van der Waals surface area (Å²) in [6.45, 7) is 0. The number of benzene rings is 1. The van der Waals surface area contributed by atoms with Crippen LogP contribution < -0.4 is 0 Å². The van der Waals surface area contributed by atoms with Crippen molar-refractivity contribution in [2.75, 3.05) is 0 Å². The molecule has 2 rings (SSSR count). The molecule has 2 aromatic rings. The van der Waals surface area contributed by atoms with E-state index in [9.17, 15) is 21.6 Å². The number of halogens is 3.